The van der Waals surface area contributed by atoms with Crippen molar-refractivity contribution in [3.8, 4) is 6.07 Å². The molecule has 3 nitrogen and oxygen atoms in total. The Morgan fingerprint density at radius 2 is 2.09 bits per heavy atom. The lowest BCUT2D eigenvalue weighted by atomic mass is 10.2. The van der Waals surface area contributed by atoms with Crippen molar-refractivity contribution in [1.29, 1.82) is 5.26 Å². The molecule has 0 spiro atoms. The predicted octanol–water partition coefficient (Wildman–Crippen LogP) is 1.20. The molecule has 0 aliphatic heterocycles. The fraction of sp³-hybridized carbons (Fsp3) is 0.750. The molecule has 0 saturated carbocycles. The van der Waals surface area contributed by atoms with Crippen LogP contribution in [-0.4, -0.2) is 11.9 Å². The van der Waals surface area contributed by atoms with Crippen molar-refractivity contribution in [2.75, 3.05) is 0 Å². The molecular formula is C8H14N2O. The minimum absolute atomic E-state index is 0.0312. The highest BCUT2D eigenvalue weighted by atomic mass is 16.1. The molecule has 11 heavy (non-hydrogen) atoms. The third-order valence-corrected chi connectivity index (χ3v) is 1.59. The summed E-state index contributed by atoms with van der Waals surface area (Å²) in [6.07, 6.45) is 1.82. The minimum Gasteiger partial charge on any atom is -0.353 e. The zero-order valence-corrected chi connectivity index (χ0v) is 7.05. The number of rotatable bonds is 4. The molecule has 0 aromatic carbocycles. The average Bonchev–Trinajstić information content (AvgIpc) is 2.01. The fourth-order valence-electron chi connectivity index (χ4n) is 0.843. The lowest BCUT2D eigenvalue weighted by Crippen LogP contribution is -2.33. The molecule has 0 rings (SSSR count). The molecule has 0 bridgehead atoms. The van der Waals surface area contributed by atoms with Crippen LogP contribution in [0, 0.1) is 11.3 Å². The molecule has 0 aliphatic rings. The number of nitrogens with one attached hydrogen (secondary N) is 1. The van der Waals surface area contributed by atoms with Gasteiger partial charge in [0.25, 0.3) is 0 Å². The lowest BCUT2D eigenvalue weighted by molar-refractivity contribution is -0.120. The van der Waals surface area contributed by atoms with Crippen LogP contribution in [0.1, 0.15) is 33.1 Å². The van der Waals surface area contributed by atoms with Gasteiger partial charge in [-0.3, -0.25) is 4.79 Å². The van der Waals surface area contributed by atoms with E-state index in [-0.39, 0.29) is 18.4 Å². The molecule has 0 unspecified atom stereocenters. The maximum atomic E-state index is 10.8. The molecule has 1 amide bonds. The van der Waals surface area contributed by atoms with Crippen molar-refractivity contribution < 1.29 is 4.79 Å². The molecule has 3 heteroatoms. The summed E-state index contributed by atoms with van der Waals surface area (Å²) in [5, 5.41) is 10.9. The van der Waals surface area contributed by atoms with Crippen molar-refractivity contribution in [3.05, 3.63) is 0 Å². The molecule has 0 fully saturated rings. The van der Waals surface area contributed by atoms with E-state index in [4.69, 9.17) is 5.26 Å². The Labute approximate surface area is 67.4 Å². The normalized spacial score (nSPS) is 9.27. The van der Waals surface area contributed by atoms with E-state index in [2.05, 4.69) is 5.32 Å². The van der Waals surface area contributed by atoms with Gasteiger partial charge in [0.1, 0.15) is 6.42 Å². The molecule has 0 heterocycles. The Morgan fingerprint density at radius 1 is 1.55 bits per heavy atom. The Balaban J connectivity index is 3.64. The summed E-state index contributed by atoms with van der Waals surface area (Å²) >= 11 is 0. The van der Waals surface area contributed by atoms with Crippen LogP contribution in [0.25, 0.3) is 0 Å². The quantitative estimate of drug-likeness (QED) is 0.661. The lowest BCUT2D eigenvalue weighted by Gasteiger charge is -2.12. The standard InChI is InChI=1S/C8H14N2O/c1-3-7(4-2)10-8(11)5-6-9/h7H,3-5H2,1-2H3,(H,10,11). The maximum absolute atomic E-state index is 10.8. The number of hydrogen-bond acceptors (Lipinski definition) is 2. The monoisotopic (exact) mass is 154 g/mol. The first kappa shape index (κ1) is 9.96. The van der Waals surface area contributed by atoms with Crippen LogP contribution in [-0.2, 0) is 4.79 Å². The number of nitrogens with zero attached hydrogens (tertiary/aromatic N) is 1. The maximum Gasteiger partial charge on any atom is 0.234 e. The van der Waals surface area contributed by atoms with Gasteiger partial charge in [0.05, 0.1) is 6.07 Å². The molecular weight excluding hydrogens is 140 g/mol. The summed E-state index contributed by atoms with van der Waals surface area (Å²) in [6, 6.07) is 2.04. The van der Waals surface area contributed by atoms with E-state index in [1.807, 2.05) is 19.9 Å². The van der Waals surface area contributed by atoms with E-state index in [9.17, 15) is 4.79 Å². The smallest absolute Gasteiger partial charge is 0.234 e. The van der Waals surface area contributed by atoms with Crippen molar-refractivity contribution >= 4 is 5.91 Å². The van der Waals surface area contributed by atoms with Crippen LogP contribution in [0.5, 0.6) is 0 Å². The molecule has 0 aromatic heterocycles. The SMILES string of the molecule is CCC(CC)NC(=O)CC#N. The topological polar surface area (TPSA) is 52.9 Å². The second kappa shape index (κ2) is 5.72. The number of carbonyl (C=O) groups is 1. The summed E-state index contributed by atoms with van der Waals surface area (Å²) in [7, 11) is 0. The van der Waals surface area contributed by atoms with E-state index in [1.54, 1.807) is 0 Å². The molecule has 0 saturated heterocycles. The van der Waals surface area contributed by atoms with Crippen molar-refractivity contribution in [2.24, 2.45) is 0 Å². The Bertz CT molecular complexity index is 156. The summed E-state index contributed by atoms with van der Waals surface area (Å²) in [5.41, 5.74) is 0. The number of nitriles is 1. The molecule has 0 aliphatic carbocycles. The van der Waals surface area contributed by atoms with Gasteiger partial charge in [0.15, 0.2) is 0 Å². The Hall–Kier alpha value is -1.04. The third-order valence-electron chi connectivity index (χ3n) is 1.59. The summed E-state index contributed by atoms with van der Waals surface area (Å²) in [6.45, 7) is 4.03. The number of carbonyl (C=O) groups excluding carboxylic acids is 1. The van der Waals surface area contributed by atoms with Gasteiger partial charge in [-0.1, -0.05) is 13.8 Å². The van der Waals surface area contributed by atoms with Gasteiger partial charge in [0, 0.05) is 6.04 Å². The van der Waals surface area contributed by atoms with Crippen molar-refractivity contribution in [1.82, 2.24) is 5.32 Å². The van der Waals surface area contributed by atoms with E-state index in [1.165, 1.54) is 0 Å². The Kier molecular flexibility index (Phi) is 5.18. The average molecular weight is 154 g/mol. The van der Waals surface area contributed by atoms with Crippen molar-refractivity contribution in [2.45, 2.75) is 39.2 Å². The second-order valence-corrected chi connectivity index (χ2v) is 2.42. The van der Waals surface area contributed by atoms with Gasteiger partial charge in [0.2, 0.25) is 5.91 Å². The third kappa shape index (κ3) is 4.38. The van der Waals surface area contributed by atoms with Crippen LogP contribution in [0.4, 0.5) is 0 Å². The first-order valence-corrected chi connectivity index (χ1v) is 3.90. The summed E-state index contributed by atoms with van der Waals surface area (Å²) in [4.78, 5) is 10.8. The van der Waals surface area contributed by atoms with Crippen LogP contribution in [0.3, 0.4) is 0 Å². The Morgan fingerprint density at radius 3 is 2.45 bits per heavy atom. The van der Waals surface area contributed by atoms with Crippen LogP contribution in [0.2, 0.25) is 0 Å². The van der Waals surface area contributed by atoms with Gasteiger partial charge in [-0.15, -0.1) is 0 Å². The van der Waals surface area contributed by atoms with E-state index >= 15 is 0 Å². The van der Waals surface area contributed by atoms with E-state index < -0.39 is 0 Å². The molecule has 0 aromatic rings. The molecule has 0 atom stereocenters. The number of hydrogen-bond donors (Lipinski definition) is 1. The minimum atomic E-state index is -0.166. The van der Waals surface area contributed by atoms with E-state index in [0.717, 1.165) is 12.8 Å². The predicted molar refractivity (Wildman–Crippen MR) is 42.7 cm³/mol. The van der Waals surface area contributed by atoms with E-state index in [0.29, 0.717) is 0 Å². The van der Waals surface area contributed by atoms with Crippen molar-refractivity contribution in [3.63, 3.8) is 0 Å². The molecule has 62 valence electrons. The largest absolute Gasteiger partial charge is 0.353 e. The first-order valence-electron chi connectivity index (χ1n) is 3.90. The van der Waals surface area contributed by atoms with Gasteiger partial charge >= 0.3 is 0 Å². The fourth-order valence-corrected chi connectivity index (χ4v) is 0.843. The highest BCUT2D eigenvalue weighted by Crippen LogP contribution is 1.95. The number of amides is 1. The van der Waals surface area contributed by atoms with Gasteiger partial charge < -0.3 is 5.32 Å². The van der Waals surface area contributed by atoms with Crippen LogP contribution < -0.4 is 5.32 Å². The summed E-state index contributed by atoms with van der Waals surface area (Å²) in [5.74, 6) is -0.166. The van der Waals surface area contributed by atoms with Gasteiger partial charge in [-0.05, 0) is 12.8 Å². The van der Waals surface area contributed by atoms with Gasteiger partial charge in [-0.25, -0.2) is 0 Å². The van der Waals surface area contributed by atoms with Crippen LogP contribution >= 0.6 is 0 Å². The summed E-state index contributed by atoms with van der Waals surface area (Å²) < 4.78 is 0. The second-order valence-electron chi connectivity index (χ2n) is 2.42. The first-order chi connectivity index (χ1) is 5.24. The highest BCUT2D eigenvalue weighted by Gasteiger charge is 2.06. The zero-order valence-electron chi connectivity index (χ0n) is 7.05. The molecule has 0 radical (unpaired) electrons. The zero-order chi connectivity index (χ0) is 8.69. The van der Waals surface area contributed by atoms with Gasteiger partial charge in [-0.2, -0.15) is 5.26 Å². The molecule has 1 N–H and O–H groups in total. The van der Waals surface area contributed by atoms with Crippen LogP contribution in [0.15, 0.2) is 0 Å². The highest BCUT2D eigenvalue weighted by molar-refractivity contribution is 5.78.